The molecule has 6 heterocycles. The minimum atomic E-state index is -5.23. The third-order valence-electron chi connectivity index (χ3n) is 11.0. The van der Waals surface area contributed by atoms with Crippen molar-refractivity contribution in [3.8, 4) is 0 Å². The normalized spacial score (nSPS) is 30.1. The van der Waals surface area contributed by atoms with E-state index in [9.17, 15) is 38.6 Å². The van der Waals surface area contributed by atoms with E-state index in [-0.39, 0.29) is 42.4 Å². The van der Waals surface area contributed by atoms with Crippen LogP contribution in [-0.4, -0.2) is 131 Å². The molecule has 1 aromatic carbocycles. The van der Waals surface area contributed by atoms with Gasteiger partial charge in [0.15, 0.2) is 48.1 Å². The highest BCUT2D eigenvalue weighted by Crippen LogP contribution is 2.54. The maximum atomic E-state index is 16.5. The van der Waals surface area contributed by atoms with Crippen LogP contribution in [0, 0.1) is 5.92 Å². The monoisotopic (exact) mass is 1020 g/mol. The zero-order chi connectivity index (χ0) is 49.1. The molecule has 0 aliphatic carbocycles. The molecule has 5 unspecified atom stereocenters. The van der Waals surface area contributed by atoms with Crippen molar-refractivity contribution < 1.29 is 65.4 Å². The van der Waals surface area contributed by atoms with Gasteiger partial charge in [0.1, 0.15) is 36.8 Å². The lowest BCUT2D eigenvalue weighted by Gasteiger charge is -2.28. The lowest BCUT2D eigenvalue weighted by molar-refractivity contribution is -0.128. The molecular formula is C37H50F2N12O14P2S. The number of phosphoric ester groups is 1. The number of imidazole rings is 1. The maximum absolute atomic E-state index is 16.5. The Balaban J connectivity index is 1.01. The number of aromatic nitrogens is 6. The summed E-state index contributed by atoms with van der Waals surface area (Å²) in [5.74, 6) is -0.923. The Bertz CT molecular complexity index is 2650. The molecule has 3 aliphatic heterocycles. The van der Waals surface area contributed by atoms with Gasteiger partial charge in [0.25, 0.3) is 5.56 Å². The van der Waals surface area contributed by atoms with E-state index in [1.165, 1.54) is 17.2 Å². The SMILES string of the molecule is CC(C)C(N)C(=O)NC(CCCNC(N)O)C(=O)Nc1ccc(CNc2ncnc3c2ncn3[C@@H]2O[C@@H]3COP(O)(=S)O[C@H]4[C@@H](F)[C@H](n5ccc(=O)[nH]c5=O)O[C@@H]4COP(=O)(O)O[C@H]3[C@H]2F)cc1. The van der Waals surface area contributed by atoms with Crippen molar-refractivity contribution in [1.29, 1.82) is 0 Å². The minimum Gasteiger partial charge on any atom is -0.366 e. The third kappa shape index (κ3) is 12.2. The molecule has 0 bridgehead atoms. The topological polar surface area (TPSA) is 366 Å². The molecule has 3 aromatic heterocycles. The number of carbonyl (C=O) groups excluding carboxylic acids is 2. The molecule has 26 nitrogen and oxygen atoms in total. The number of alkyl halides is 2. The molecule has 31 heteroatoms. The summed E-state index contributed by atoms with van der Waals surface area (Å²) in [7, 11) is -5.23. The van der Waals surface area contributed by atoms with E-state index in [2.05, 4.69) is 36.2 Å². The van der Waals surface area contributed by atoms with Crippen LogP contribution in [-0.2, 0) is 60.1 Å². The number of halogens is 2. The van der Waals surface area contributed by atoms with Crippen molar-refractivity contribution >= 4 is 60.8 Å². The fraction of sp³-hybridized carbons (Fsp3) is 0.541. The third-order valence-corrected chi connectivity index (χ3v) is 13.5. The van der Waals surface area contributed by atoms with Gasteiger partial charge in [-0.15, -0.1) is 0 Å². The first kappa shape index (κ1) is 51.3. The number of aliphatic hydroxyl groups excluding tert-OH is 1. The molecule has 68 heavy (non-hydrogen) atoms. The lowest BCUT2D eigenvalue weighted by Crippen LogP contribution is -2.51. The average molecular weight is 1020 g/mol. The van der Waals surface area contributed by atoms with E-state index in [1.807, 2.05) is 4.98 Å². The lowest BCUT2D eigenvalue weighted by atomic mass is 10.0. The number of benzene rings is 1. The molecule has 0 spiro atoms. The minimum absolute atomic E-state index is 0.0616. The number of hydrogen-bond acceptors (Lipinski definition) is 20. The van der Waals surface area contributed by atoms with Gasteiger partial charge in [0, 0.05) is 24.5 Å². The van der Waals surface area contributed by atoms with Crippen molar-refractivity contribution in [2.24, 2.45) is 17.4 Å². The van der Waals surface area contributed by atoms with Crippen LogP contribution in [0.3, 0.4) is 0 Å². The number of nitrogens with zero attached hydrogens (tertiary/aromatic N) is 5. The van der Waals surface area contributed by atoms with E-state index < -0.39 is 118 Å². The predicted octanol–water partition coefficient (Wildman–Crippen LogP) is -0.395. The summed E-state index contributed by atoms with van der Waals surface area (Å²) in [4.78, 5) is 86.6. The Kier molecular flexibility index (Phi) is 16.3. The highest BCUT2D eigenvalue weighted by Gasteiger charge is 2.54. The second-order valence-corrected chi connectivity index (χ2v) is 20.4. The van der Waals surface area contributed by atoms with Crippen LogP contribution < -0.4 is 44.0 Å². The van der Waals surface area contributed by atoms with Crippen molar-refractivity contribution in [2.75, 3.05) is 30.4 Å². The van der Waals surface area contributed by atoms with E-state index in [1.54, 1.807) is 38.1 Å². The number of aromatic amines is 1. The molecule has 4 aromatic rings. The van der Waals surface area contributed by atoms with Gasteiger partial charge < -0.3 is 50.6 Å². The Morgan fingerprint density at radius 2 is 1.62 bits per heavy atom. The number of ether oxygens (including phenoxy) is 2. The number of nitrogens with two attached hydrogens (primary N) is 2. The van der Waals surface area contributed by atoms with Gasteiger partial charge in [-0.3, -0.25) is 53.1 Å². The summed E-state index contributed by atoms with van der Waals surface area (Å²) in [6, 6.07) is 5.90. The molecule has 13 atom stereocenters. The molecule has 12 N–H and O–H groups in total. The summed E-state index contributed by atoms with van der Waals surface area (Å²) in [6.07, 6.45) is -12.1. The van der Waals surface area contributed by atoms with Gasteiger partial charge in [-0.05, 0) is 54.8 Å². The van der Waals surface area contributed by atoms with Crippen LogP contribution in [0.2, 0.25) is 0 Å². The Morgan fingerprint density at radius 1 is 0.956 bits per heavy atom. The number of amides is 2. The first-order valence-corrected chi connectivity index (χ1v) is 25.0. The van der Waals surface area contributed by atoms with Crippen LogP contribution >= 0.6 is 14.5 Å². The summed E-state index contributed by atoms with van der Waals surface area (Å²) in [6.45, 7) is -2.16. The second-order valence-electron chi connectivity index (χ2n) is 16.2. The summed E-state index contributed by atoms with van der Waals surface area (Å²) < 4.78 is 80.2. The summed E-state index contributed by atoms with van der Waals surface area (Å²) >= 11 is 5.13. The number of rotatable bonds is 15. The van der Waals surface area contributed by atoms with Crippen LogP contribution in [0.15, 0.2) is 58.8 Å². The van der Waals surface area contributed by atoms with Crippen molar-refractivity contribution in [2.45, 2.75) is 101 Å². The first-order chi connectivity index (χ1) is 32.2. The number of H-pyrrole nitrogens is 1. The number of fused-ring (bicyclic) bond motifs is 3. The Labute approximate surface area is 389 Å². The van der Waals surface area contributed by atoms with E-state index >= 15 is 8.78 Å². The summed E-state index contributed by atoms with van der Waals surface area (Å²) in [5.41, 5.74) is 10.9. The van der Waals surface area contributed by atoms with Gasteiger partial charge in [0.05, 0.1) is 25.6 Å². The van der Waals surface area contributed by atoms with Gasteiger partial charge in [0.2, 0.25) is 11.8 Å². The fourth-order valence-electron chi connectivity index (χ4n) is 7.37. The van der Waals surface area contributed by atoms with Crippen LogP contribution in [0.5, 0.6) is 0 Å². The van der Waals surface area contributed by atoms with E-state index in [4.69, 9.17) is 50.8 Å². The first-order valence-electron chi connectivity index (χ1n) is 21.0. The second kappa shape index (κ2) is 21.6. The molecule has 3 saturated heterocycles. The molecule has 3 fully saturated rings. The smallest absolute Gasteiger partial charge is 0.366 e. The quantitative estimate of drug-likeness (QED) is 0.0412. The molecule has 372 valence electrons. The van der Waals surface area contributed by atoms with E-state index in [0.717, 1.165) is 17.8 Å². The Morgan fingerprint density at radius 3 is 2.28 bits per heavy atom. The number of phosphoric acid groups is 1. The van der Waals surface area contributed by atoms with E-state index in [0.29, 0.717) is 16.7 Å². The summed E-state index contributed by atoms with van der Waals surface area (Å²) in [5, 5.41) is 20.6. The van der Waals surface area contributed by atoms with Gasteiger partial charge in [-0.1, -0.05) is 26.0 Å². The molecule has 0 radical (unpaired) electrons. The zero-order valence-electron chi connectivity index (χ0n) is 36.1. The van der Waals surface area contributed by atoms with Gasteiger partial charge in [-0.25, -0.2) is 33.1 Å². The van der Waals surface area contributed by atoms with Gasteiger partial charge in [-0.2, -0.15) is 0 Å². The highest BCUT2D eigenvalue weighted by atomic mass is 32.5. The predicted molar refractivity (Wildman–Crippen MR) is 237 cm³/mol. The number of nitrogens with one attached hydrogen (secondary N) is 5. The number of hydrogen-bond donors (Lipinski definition) is 10. The molecule has 0 saturated carbocycles. The van der Waals surface area contributed by atoms with Gasteiger partial charge >= 0.3 is 20.2 Å². The molecule has 3 aliphatic rings. The van der Waals surface area contributed by atoms with Crippen molar-refractivity contribution in [3.63, 3.8) is 0 Å². The van der Waals surface area contributed by atoms with Crippen molar-refractivity contribution in [3.05, 3.63) is 75.6 Å². The fourth-order valence-corrected chi connectivity index (χ4v) is 9.76. The average Bonchev–Trinajstić information content (AvgIpc) is 3.94. The number of anilines is 2. The number of aliphatic hydroxyl groups is 1. The zero-order valence-corrected chi connectivity index (χ0v) is 38.7. The van der Waals surface area contributed by atoms with Crippen molar-refractivity contribution in [1.82, 2.24) is 39.7 Å². The standard InChI is InChI=1S/C37H50F2N12O14P2S/c1-17(2)26(40)33(54)48-20(4-3-10-42-36(41)55)32(53)47-19-7-5-18(6-8-19)12-43-30-27-31(45-15-44-30)51(16-46-27)35-24(38)28-22(63-35)14-61-67(59,68)65-29-21(13-60-66(57,58)64-28)62-34(25(29)39)50-11-9-23(52)49-37(50)56/h5-9,11,15-17,20-22,24-26,28-29,34-36,42,55H,3-4,10,12-14,40-41H2,1-2H3,(H,47,53)(H,48,54)(H,57,58)(H,59,68)(H,43,44,45)(H,49,52,56)/t20?,21-,22-,24-,25-,26?,28-,29-,34-,35-,36?,67?/m1/s1. The van der Waals surface area contributed by atoms with Crippen LogP contribution in [0.1, 0.15) is 44.7 Å². The largest absolute Gasteiger partial charge is 0.472 e. The van der Waals surface area contributed by atoms with Crippen LogP contribution in [0.4, 0.5) is 20.3 Å². The van der Waals surface area contributed by atoms with Crippen LogP contribution in [0.25, 0.3) is 11.2 Å². The number of carbonyl (C=O) groups is 2. The molecular weight excluding hydrogens is 968 g/mol. The highest BCUT2D eigenvalue weighted by molar-refractivity contribution is 8.07. The molecule has 7 rings (SSSR count). The molecule has 2 amide bonds. The Hall–Kier alpha value is -4.55. The maximum Gasteiger partial charge on any atom is 0.472 e.